The summed E-state index contributed by atoms with van der Waals surface area (Å²) in [6, 6.07) is 12.2. The van der Waals surface area contributed by atoms with Gasteiger partial charge in [-0.2, -0.15) is 0 Å². The second-order valence-corrected chi connectivity index (χ2v) is 6.65. The van der Waals surface area contributed by atoms with Crippen LogP contribution in [-0.2, 0) is 11.3 Å². The first-order valence-corrected chi connectivity index (χ1v) is 9.14. The Labute approximate surface area is 158 Å². The molecule has 0 saturated heterocycles. The van der Waals surface area contributed by atoms with E-state index in [4.69, 9.17) is 32.4 Å². The van der Waals surface area contributed by atoms with Crippen molar-refractivity contribution in [2.24, 2.45) is 0 Å². The molecule has 3 rings (SSSR count). The van der Waals surface area contributed by atoms with Gasteiger partial charge in [0.15, 0.2) is 6.61 Å². The van der Waals surface area contributed by atoms with E-state index in [1.54, 1.807) is 36.4 Å². The van der Waals surface area contributed by atoms with Crippen LogP contribution in [-0.4, -0.2) is 22.4 Å². The highest BCUT2D eigenvalue weighted by molar-refractivity contribution is 7.98. The molecule has 0 amide bonds. The lowest BCUT2D eigenvalue weighted by Gasteiger charge is -2.05. The maximum Gasteiger partial charge on any atom is 0.340 e. The lowest BCUT2D eigenvalue weighted by Crippen LogP contribution is -2.06. The Morgan fingerprint density at radius 2 is 1.92 bits per heavy atom. The van der Waals surface area contributed by atoms with Crippen LogP contribution in [0.1, 0.15) is 16.2 Å². The third kappa shape index (κ3) is 4.34. The molecule has 0 bridgehead atoms. The summed E-state index contributed by atoms with van der Waals surface area (Å²) >= 11 is 13.4. The number of carbonyl (C=O) groups is 1. The van der Waals surface area contributed by atoms with E-state index in [0.717, 1.165) is 10.5 Å². The fraction of sp³-hybridized carbons (Fsp3) is 0.118. The van der Waals surface area contributed by atoms with E-state index in [-0.39, 0.29) is 12.5 Å². The number of ether oxygens (including phenoxy) is 1. The fourth-order valence-corrected chi connectivity index (χ4v) is 2.77. The number of thioether (sulfide) groups is 1. The zero-order valence-electron chi connectivity index (χ0n) is 13.0. The molecule has 0 aliphatic rings. The summed E-state index contributed by atoms with van der Waals surface area (Å²) in [5, 5.41) is 8.75. The molecule has 5 nitrogen and oxygen atoms in total. The van der Waals surface area contributed by atoms with Gasteiger partial charge in [-0.3, -0.25) is 0 Å². The molecular weight excluding hydrogens is 383 g/mol. The van der Waals surface area contributed by atoms with Gasteiger partial charge in [-0.15, -0.1) is 22.0 Å². The average Bonchev–Trinajstić information content (AvgIpc) is 3.09. The van der Waals surface area contributed by atoms with Crippen molar-refractivity contribution in [3.05, 3.63) is 64.0 Å². The first-order valence-electron chi connectivity index (χ1n) is 7.16. The number of nitrogens with zero attached hydrogens (tertiary/aromatic N) is 2. The van der Waals surface area contributed by atoms with E-state index < -0.39 is 5.97 Å². The highest BCUT2D eigenvalue weighted by Crippen LogP contribution is 2.24. The number of carbonyl (C=O) groups excluding carboxylic acids is 1. The molecular formula is C17H12Cl2N2O3S. The third-order valence-corrected chi connectivity index (χ3v) is 4.59. The molecule has 1 aromatic heterocycles. The zero-order chi connectivity index (χ0) is 17.8. The van der Waals surface area contributed by atoms with Crippen LogP contribution in [0.4, 0.5) is 0 Å². The van der Waals surface area contributed by atoms with Crippen LogP contribution >= 0.6 is 35.0 Å². The summed E-state index contributed by atoms with van der Waals surface area (Å²) in [5.74, 6) is -0.0345. The lowest BCUT2D eigenvalue weighted by atomic mass is 10.2. The largest absolute Gasteiger partial charge is 0.452 e. The van der Waals surface area contributed by atoms with Crippen molar-refractivity contribution in [2.75, 3.05) is 6.26 Å². The van der Waals surface area contributed by atoms with Crippen molar-refractivity contribution < 1.29 is 13.9 Å². The molecule has 0 N–H and O–H groups in total. The predicted octanol–water partition coefficient (Wildman–Crippen LogP) is 5.12. The standard InChI is InChI=1S/C17H12Cl2N2O3S/c1-25-12-6-7-14(19)13(8-12)17(22)23-9-15-20-21-16(24-15)10-2-4-11(18)5-3-10/h2-8H,9H2,1H3. The second kappa shape index (κ2) is 7.91. The molecule has 3 aromatic rings. The number of benzene rings is 2. The van der Waals surface area contributed by atoms with E-state index >= 15 is 0 Å². The highest BCUT2D eigenvalue weighted by Gasteiger charge is 2.15. The molecule has 25 heavy (non-hydrogen) atoms. The molecule has 8 heteroatoms. The van der Waals surface area contributed by atoms with Crippen molar-refractivity contribution in [3.8, 4) is 11.5 Å². The Kier molecular flexibility index (Phi) is 5.63. The van der Waals surface area contributed by atoms with Gasteiger partial charge in [0.25, 0.3) is 5.89 Å². The molecule has 128 valence electrons. The molecule has 0 radical (unpaired) electrons. The van der Waals surface area contributed by atoms with Crippen molar-refractivity contribution >= 4 is 40.9 Å². The first-order chi connectivity index (χ1) is 12.1. The Bertz CT molecular complexity index is 897. The molecule has 0 spiro atoms. The van der Waals surface area contributed by atoms with E-state index in [2.05, 4.69) is 10.2 Å². The molecule has 2 aromatic carbocycles. The summed E-state index contributed by atoms with van der Waals surface area (Å²) in [5.41, 5.74) is 1.02. The van der Waals surface area contributed by atoms with Crippen LogP contribution in [0.2, 0.25) is 10.0 Å². The topological polar surface area (TPSA) is 65.2 Å². The van der Waals surface area contributed by atoms with Gasteiger partial charge in [0.05, 0.1) is 10.6 Å². The number of halogens is 2. The number of aromatic nitrogens is 2. The first kappa shape index (κ1) is 17.8. The van der Waals surface area contributed by atoms with Crippen molar-refractivity contribution in [1.29, 1.82) is 0 Å². The number of rotatable bonds is 5. The van der Waals surface area contributed by atoms with Crippen molar-refractivity contribution in [3.63, 3.8) is 0 Å². The Morgan fingerprint density at radius 3 is 2.64 bits per heavy atom. The number of hydrogen-bond acceptors (Lipinski definition) is 6. The van der Waals surface area contributed by atoms with Gasteiger partial charge in [-0.1, -0.05) is 23.2 Å². The second-order valence-electron chi connectivity index (χ2n) is 4.93. The van der Waals surface area contributed by atoms with Crippen molar-refractivity contribution in [2.45, 2.75) is 11.5 Å². The molecule has 0 atom stereocenters. The summed E-state index contributed by atoms with van der Waals surface area (Å²) < 4.78 is 10.7. The molecule has 0 unspecified atom stereocenters. The maximum atomic E-state index is 12.2. The van der Waals surface area contributed by atoms with E-state index in [9.17, 15) is 4.79 Å². The number of esters is 1. The SMILES string of the molecule is CSc1ccc(Cl)c(C(=O)OCc2nnc(-c3ccc(Cl)cc3)o2)c1. The quantitative estimate of drug-likeness (QED) is 0.441. The van der Waals surface area contributed by atoms with Crippen LogP contribution in [0, 0.1) is 0 Å². The summed E-state index contributed by atoms with van der Waals surface area (Å²) in [7, 11) is 0. The Hall–Kier alpha value is -2.02. The molecule has 0 fully saturated rings. The minimum atomic E-state index is -0.549. The summed E-state index contributed by atoms with van der Waals surface area (Å²) in [4.78, 5) is 13.1. The highest BCUT2D eigenvalue weighted by atomic mass is 35.5. The van der Waals surface area contributed by atoms with E-state index in [1.807, 2.05) is 12.3 Å². The van der Waals surface area contributed by atoms with Gasteiger partial charge in [-0.25, -0.2) is 4.79 Å². The monoisotopic (exact) mass is 394 g/mol. The van der Waals surface area contributed by atoms with Crippen LogP contribution in [0.25, 0.3) is 11.5 Å². The predicted molar refractivity (Wildman–Crippen MR) is 97.1 cm³/mol. The van der Waals surface area contributed by atoms with Crippen molar-refractivity contribution in [1.82, 2.24) is 10.2 Å². The van der Waals surface area contributed by atoms with Crippen LogP contribution in [0.15, 0.2) is 51.8 Å². The minimum Gasteiger partial charge on any atom is -0.452 e. The third-order valence-electron chi connectivity index (χ3n) is 3.28. The lowest BCUT2D eigenvalue weighted by molar-refractivity contribution is 0.0438. The Balaban J connectivity index is 1.68. The fourth-order valence-electron chi connectivity index (χ4n) is 2.01. The van der Waals surface area contributed by atoms with Gasteiger partial charge >= 0.3 is 5.97 Å². The van der Waals surface area contributed by atoms with Gasteiger partial charge in [0, 0.05) is 15.5 Å². The van der Waals surface area contributed by atoms with Gasteiger partial charge in [0.2, 0.25) is 5.89 Å². The van der Waals surface area contributed by atoms with Crippen LogP contribution in [0.5, 0.6) is 0 Å². The zero-order valence-corrected chi connectivity index (χ0v) is 15.4. The van der Waals surface area contributed by atoms with Gasteiger partial charge in [-0.05, 0) is 48.7 Å². The van der Waals surface area contributed by atoms with E-state index in [0.29, 0.717) is 21.5 Å². The normalized spacial score (nSPS) is 10.7. The van der Waals surface area contributed by atoms with Gasteiger partial charge < -0.3 is 9.15 Å². The molecule has 0 aliphatic carbocycles. The summed E-state index contributed by atoms with van der Waals surface area (Å²) in [6.45, 7) is -0.140. The Morgan fingerprint density at radius 1 is 1.16 bits per heavy atom. The van der Waals surface area contributed by atoms with Crippen LogP contribution in [0.3, 0.4) is 0 Å². The molecule has 0 saturated carbocycles. The summed E-state index contributed by atoms with van der Waals surface area (Å²) in [6.07, 6.45) is 1.91. The number of hydrogen-bond donors (Lipinski definition) is 0. The average molecular weight is 395 g/mol. The van der Waals surface area contributed by atoms with E-state index in [1.165, 1.54) is 11.8 Å². The van der Waals surface area contributed by atoms with Crippen LogP contribution < -0.4 is 0 Å². The minimum absolute atomic E-state index is 0.140. The molecule has 1 heterocycles. The van der Waals surface area contributed by atoms with Gasteiger partial charge in [0.1, 0.15) is 0 Å². The molecule has 0 aliphatic heterocycles. The smallest absolute Gasteiger partial charge is 0.340 e. The maximum absolute atomic E-state index is 12.2.